The highest BCUT2D eigenvalue weighted by Crippen LogP contribution is 2.35. The van der Waals surface area contributed by atoms with Gasteiger partial charge in [0.2, 0.25) is 6.79 Å². The Balaban J connectivity index is 1.56. The number of halogens is 1. The molecule has 2 N–H and O–H groups in total. The summed E-state index contributed by atoms with van der Waals surface area (Å²) in [7, 11) is 0. The van der Waals surface area contributed by atoms with Gasteiger partial charge in [0, 0.05) is 29.2 Å². The molecule has 0 amide bonds. The van der Waals surface area contributed by atoms with Gasteiger partial charge >= 0.3 is 0 Å². The summed E-state index contributed by atoms with van der Waals surface area (Å²) in [5, 5.41) is 4.52. The molecule has 0 saturated heterocycles. The number of ether oxygens (including phenoxy) is 2. The second-order valence-corrected chi connectivity index (χ2v) is 8.54. The zero-order valence-electron chi connectivity index (χ0n) is 19.4. The van der Waals surface area contributed by atoms with Gasteiger partial charge in [0.05, 0.1) is 12.1 Å². The number of nitrogens with one attached hydrogen (secondary N) is 2. The third kappa shape index (κ3) is 5.66. The van der Waals surface area contributed by atoms with Gasteiger partial charge in [-0.15, -0.1) is 0 Å². The zero-order chi connectivity index (χ0) is 24.1. The molecular formula is C25H29FN4O3S. The van der Waals surface area contributed by atoms with Gasteiger partial charge in [0.25, 0.3) is 5.56 Å². The Morgan fingerprint density at radius 2 is 1.79 bits per heavy atom. The number of anilines is 1. The summed E-state index contributed by atoms with van der Waals surface area (Å²) in [5.41, 5.74) is 1.81. The molecule has 2 aromatic carbocycles. The second kappa shape index (κ2) is 10.8. The van der Waals surface area contributed by atoms with E-state index < -0.39 is 0 Å². The third-order valence-corrected chi connectivity index (χ3v) is 6.32. The van der Waals surface area contributed by atoms with Crippen molar-refractivity contribution >= 4 is 33.9 Å². The minimum atomic E-state index is -0.309. The summed E-state index contributed by atoms with van der Waals surface area (Å²) in [6.07, 6.45) is 0.886. The maximum Gasteiger partial charge on any atom is 0.253 e. The summed E-state index contributed by atoms with van der Waals surface area (Å²) in [4.78, 5) is 20.2. The van der Waals surface area contributed by atoms with E-state index in [1.54, 1.807) is 18.2 Å². The number of benzene rings is 2. The summed E-state index contributed by atoms with van der Waals surface area (Å²) in [5.74, 6) is 0.977. The average Bonchev–Trinajstić information content (AvgIpc) is 3.28. The van der Waals surface area contributed by atoms with Crippen molar-refractivity contribution < 1.29 is 13.9 Å². The molecule has 0 radical (unpaired) electrons. The van der Waals surface area contributed by atoms with Crippen LogP contribution in [0.2, 0.25) is 0 Å². The minimum absolute atomic E-state index is 0.173. The molecule has 9 heteroatoms. The molecule has 1 aromatic heterocycles. The van der Waals surface area contributed by atoms with Crippen LogP contribution in [0.25, 0.3) is 10.9 Å². The van der Waals surface area contributed by atoms with E-state index in [-0.39, 0.29) is 18.2 Å². The molecule has 0 fully saturated rings. The first-order chi connectivity index (χ1) is 16.5. The van der Waals surface area contributed by atoms with Gasteiger partial charge in [-0.2, -0.15) is 0 Å². The number of aromatic nitrogens is 1. The highest BCUT2D eigenvalue weighted by molar-refractivity contribution is 7.80. The fourth-order valence-electron chi connectivity index (χ4n) is 3.98. The summed E-state index contributed by atoms with van der Waals surface area (Å²) in [6, 6.07) is 11.6. The van der Waals surface area contributed by atoms with Gasteiger partial charge < -0.3 is 29.6 Å². The molecule has 3 aromatic rings. The molecule has 0 bridgehead atoms. The van der Waals surface area contributed by atoms with Crippen molar-refractivity contribution in [2.75, 3.05) is 38.3 Å². The monoisotopic (exact) mass is 484 g/mol. The van der Waals surface area contributed by atoms with Crippen molar-refractivity contribution in [3.8, 4) is 11.5 Å². The maximum atomic E-state index is 13.3. The Bertz CT molecular complexity index is 1210. The molecule has 0 aliphatic carbocycles. The number of rotatable bonds is 9. The van der Waals surface area contributed by atoms with Crippen LogP contribution in [0.15, 0.2) is 47.3 Å². The van der Waals surface area contributed by atoms with Crippen molar-refractivity contribution in [2.24, 2.45) is 0 Å². The molecule has 0 spiro atoms. The fourth-order valence-corrected chi connectivity index (χ4v) is 4.25. The number of thiocarbonyl (C=S) groups is 1. The van der Waals surface area contributed by atoms with E-state index in [1.165, 1.54) is 12.1 Å². The first kappa shape index (κ1) is 24.0. The van der Waals surface area contributed by atoms with E-state index >= 15 is 0 Å². The highest BCUT2D eigenvalue weighted by Gasteiger charge is 2.18. The van der Waals surface area contributed by atoms with Gasteiger partial charge in [-0.05, 0) is 74.7 Å². The van der Waals surface area contributed by atoms with E-state index in [0.29, 0.717) is 46.5 Å². The number of fused-ring (bicyclic) bond motifs is 2. The zero-order valence-corrected chi connectivity index (χ0v) is 20.2. The first-order valence-corrected chi connectivity index (χ1v) is 11.9. The van der Waals surface area contributed by atoms with Crippen LogP contribution in [0.1, 0.15) is 25.8 Å². The van der Waals surface area contributed by atoms with Crippen LogP contribution >= 0.6 is 12.2 Å². The second-order valence-electron chi connectivity index (χ2n) is 8.16. The molecule has 34 heavy (non-hydrogen) atoms. The lowest BCUT2D eigenvalue weighted by Crippen LogP contribution is -2.38. The number of H-pyrrole nitrogens is 1. The molecule has 1 aliphatic rings. The molecule has 180 valence electrons. The molecule has 2 heterocycles. The highest BCUT2D eigenvalue weighted by atomic mass is 32.1. The summed E-state index contributed by atoms with van der Waals surface area (Å²) < 4.78 is 24.2. The Labute approximate surface area is 203 Å². The predicted octanol–water partition coefficient (Wildman–Crippen LogP) is 4.33. The van der Waals surface area contributed by atoms with Crippen molar-refractivity contribution in [1.29, 1.82) is 0 Å². The van der Waals surface area contributed by atoms with Gasteiger partial charge in [0.15, 0.2) is 16.6 Å². The summed E-state index contributed by atoms with van der Waals surface area (Å²) in [6.45, 7) is 8.36. The SMILES string of the molecule is CCN(CC)CCCN(Cc1cc2cc3c(cc2[nH]c1=O)OCO3)C(=S)Nc1ccc(F)cc1. The van der Waals surface area contributed by atoms with Crippen LogP contribution in [0.4, 0.5) is 10.1 Å². The molecular weight excluding hydrogens is 455 g/mol. The van der Waals surface area contributed by atoms with Crippen molar-refractivity contribution in [2.45, 2.75) is 26.8 Å². The number of hydrogen-bond donors (Lipinski definition) is 2. The number of hydrogen-bond acceptors (Lipinski definition) is 5. The quantitative estimate of drug-likeness (QED) is 0.438. The Kier molecular flexibility index (Phi) is 7.64. The maximum absolute atomic E-state index is 13.3. The lowest BCUT2D eigenvalue weighted by Gasteiger charge is -2.27. The molecule has 0 unspecified atom stereocenters. The molecule has 0 saturated carbocycles. The van der Waals surface area contributed by atoms with E-state index in [0.717, 1.165) is 31.4 Å². The largest absolute Gasteiger partial charge is 0.454 e. The smallest absolute Gasteiger partial charge is 0.253 e. The Morgan fingerprint density at radius 3 is 2.50 bits per heavy atom. The standard InChI is InChI=1S/C25H29FN4O3S/c1-3-29(4-2)10-5-11-30(25(34)27-20-8-6-19(26)7-9-20)15-18-12-17-13-22-23(33-16-32-22)14-21(17)28-24(18)31/h6-9,12-14H,3-5,10-11,15-16H2,1-2H3,(H,27,34)(H,28,31). The fraction of sp³-hybridized carbons (Fsp3) is 0.360. The van der Waals surface area contributed by atoms with Gasteiger partial charge in [-0.1, -0.05) is 13.8 Å². The lowest BCUT2D eigenvalue weighted by molar-refractivity contribution is 0.174. The van der Waals surface area contributed by atoms with E-state index in [9.17, 15) is 9.18 Å². The van der Waals surface area contributed by atoms with Gasteiger partial charge in [0.1, 0.15) is 5.82 Å². The number of aromatic amines is 1. The molecule has 4 rings (SSSR count). The van der Waals surface area contributed by atoms with Gasteiger partial charge in [-0.25, -0.2) is 4.39 Å². The van der Waals surface area contributed by atoms with Crippen LogP contribution < -0.4 is 20.3 Å². The van der Waals surface area contributed by atoms with Crippen LogP contribution in [0.5, 0.6) is 11.5 Å². The van der Waals surface area contributed by atoms with Crippen molar-refractivity contribution in [3.63, 3.8) is 0 Å². The van der Waals surface area contributed by atoms with Gasteiger partial charge in [-0.3, -0.25) is 4.79 Å². The van der Waals surface area contributed by atoms with Crippen LogP contribution in [-0.4, -0.2) is 52.9 Å². The van der Waals surface area contributed by atoms with E-state index in [2.05, 4.69) is 29.0 Å². The first-order valence-electron chi connectivity index (χ1n) is 11.5. The Morgan fingerprint density at radius 1 is 1.09 bits per heavy atom. The normalized spacial score (nSPS) is 12.4. The van der Waals surface area contributed by atoms with E-state index in [1.807, 2.05) is 17.0 Å². The summed E-state index contributed by atoms with van der Waals surface area (Å²) >= 11 is 5.69. The predicted molar refractivity (Wildman–Crippen MR) is 136 cm³/mol. The van der Waals surface area contributed by atoms with Crippen LogP contribution in [-0.2, 0) is 6.54 Å². The molecule has 0 atom stereocenters. The topological polar surface area (TPSA) is 69.8 Å². The van der Waals surface area contributed by atoms with E-state index in [4.69, 9.17) is 21.7 Å². The number of nitrogens with zero attached hydrogens (tertiary/aromatic N) is 2. The average molecular weight is 485 g/mol. The van der Waals surface area contributed by atoms with Crippen LogP contribution in [0, 0.1) is 5.82 Å². The molecule has 1 aliphatic heterocycles. The van der Waals surface area contributed by atoms with Crippen molar-refractivity contribution in [1.82, 2.24) is 14.8 Å². The van der Waals surface area contributed by atoms with Crippen LogP contribution in [0.3, 0.4) is 0 Å². The molecule has 7 nitrogen and oxygen atoms in total. The third-order valence-electron chi connectivity index (χ3n) is 5.96. The Hall–Kier alpha value is -3.17. The lowest BCUT2D eigenvalue weighted by atomic mass is 10.1. The minimum Gasteiger partial charge on any atom is -0.454 e. The van der Waals surface area contributed by atoms with Crippen molar-refractivity contribution in [3.05, 3.63) is 64.2 Å². The number of pyridine rings is 1.